The Labute approximate surface area is 201 Å². The second-order valence-corrected chi connectivity index (χ2v) is 10.5. The predicted molar refractivity (Wildman–Crippen MR) is 127 cm³/mol. The first-order valence-electron chi connectivity index (χ1n) is 11.7. The van der Waals surface area contributed by atoms with Crippen LogP contribution in [0, 0.1) is 24.6 Å². The number of rotatable bonds is 7. The molecule has 8 nitrogen and oxygen atoms in total. The van der Waals surface area contributed by atoms with Crippen LogP contribution in [0.15, 0.2) is 18.5 Å². The molecule has 0 unspecified atom stereocenters. The Morgan fingerprint density at radius 2 is 1.97 bits per heavy atom. The van der Waals surface area contributed by atoms with E-state index in [-0.39, 0.29) is 29.7 Å². The number of fused-ring (bicyclic) bond motifs is 1. The van der Waals surface area contributed by atoms with Gasteiger partial charge in [-0.05, 0) is 38.3 Å². The summed E-state index contributed by atoms with van der Waals surface area (Å²) in [4.78, 5) is 44.9. The van der Waals surface area contributed by atoms with Crippen molar-refractivity contribution < 1.29 is 14.0 Å². The van der Waals surface area contributed by atoms with E-state index in [4.69, 9.17) is 0 Å². The molecule has 2 fully saturated rings. The number of nitrogens with one attached hydrogen (secondary N) is 1. The Balaban J connectivity index is 1.31. The van der Waals surface area contributed by atoms with Gasteiger partial charge >= 0.3 is 0 Å². The van der Waals surface area contributed by atoms with Crippen LogP contribution in [-0.4, -0.2) is 49.6 Å². The summed E-state index contributed by atoms with van der Waals surface area (Å²) in [7, 11) is 0. The molecule has 1 atom stereocenters. The number of hydrogen-bond acceptors (Lipinski definition) is 8. The molecule has 0 bridgehead atoms. The van der Waals surface area contributed by atoms with Gasteiger partial charge in [-0.25, -0.2) is 14.4 Å². The lowest BCUT2D eigenvalue weighted by atomic mass is 9.88. The number of Topliss-reactive ketones (excluding diaryl/α,β-unsaturated/α-hetero) is 1. The number of pyridine rings is 1. The van der Waals surface area contributed by atoms with E-state index < -0.39 is 5.82 Å². The van der Waals surface area contributed by atoms with Crippen molar-refractivity contribution in [1.82, 2.24) is 24.8 Å². The summed E-state index contributed by atoms with van der Waals surface area (Å²) < 4.78 is 14.2. The minimum atomic E-state index is -0.424. The van der Waals surface area contributed by atoms with Gasteiger partial charge in [0.05, 0.1) is 17.2 Å². The third-order valence-corrected chi connectivity index (χ3v) is 7.65. The molecule has 3 aromatic heterocycles. The van der Waals surface area contributed by atoms with Gasteiger partial charge < -0.3 is 10.2 Å². The average Bonchev–Trinajstić information content (AvgIpc) is 3.44. The van der Waals surface area contributed by atoms with Gasteiger partial charge in [0.2, 0.25) is 5.95 Å². The number of carbonyl (C=O) groups excluding carboxylic acids is 2. The minimum Gasteiger partial charge on any atom is -0.348 e. The van der Waals surface area contributed by atoms with Gasteiger partial charge in [-0.1, -0.05) is 12.8 Å². The minimum absolute atomic E-state index is 0.177. The van der Waals surface area contributed by atoms with Crippen LogP contribution in [-0.2, 0) is 4.79 Å². The van der Waals surface area contributed by atoms with Crippen LogP contribution < -0.4 is 5.32 Å². The number of halogens is 1. The molecule has 1 saturated carbocycles. The van der Waals surface area contributed by atoms with E-state index in [1.165, 1.54) is 17.4 Å². The number of hydrogen-bond donors (Lipinski definition) is 1. The predicted octanol–water partition coefficient (Wildman–Crippen LogP) is 4.32. The molecule has 0 aromatic carbocycles. The monoisotopic (exact) mass is 482 g/mol. The van der Waals surface area contributed by atoms with Crippen molar-refractivity contribution in [2.45, 2.75) is 52.0 Å². The van der Waals surface area contributed by atoms with E-state index in [2.05, 4.69) is 25.3 Å². The number of thiazole rings is 1. The molecule has 10 heteroatoms. The lowest BCUT2D eigenvalue weighted by Gasteiger charge is -2.39. The number of ketones is 1. The smallest absolute Gasteiger partial charge is 0.274 e. The van der Waals surface area contributed by atoms with Crippen LogP contribution in [0.25, 0.3) is 10.3 Å². The summed E-state index contributed by atoms with van der Waals surface area (Å²) >= 11 is 1.39. The number of amides is 1. The van der Waals surface area contributed by atoms with E-state index in [0.717, 1.165) is 36.9 Å². The van der Waals surface area contributed by atoms with E-state index in [1.54, 1.807) is 11.1 Å². The van der Waals surface area contributed by atoms with E-state index in [1.807, 2.05) is 13.8 Å². The molecule has 5 rings (SSSR count). The number of nitrogens with zero attached hydrogens (tertiary/aromatic N) is 5. The van der Waals surface area contributed by atoms with Crippen LogP contribution in [0.3, 0.4) is 0 Å². The molecule has 2 aliphatic rings. The van der Waals surface area contributed by atoms with Gasteiger partial charge in [-0.2, -0.15) is 4.98 Å². The fraction of sp³-hybridized carbons (Fsp3) is 0.500. The zero-order valence-electron chi connectivity index (χ0n) is 19.3. The molecular weight excluding hydrogens is 455 g/mol. The highest BCUT2D eigenvalue weighted by Crippen LogP contribution is 2.32. The van der Waals surface area contributed by atoms with Gasteiger partial charge in [0, 0.05) is 37.5 Å². The van der Waals surface area contributed by atoms with Crippen molar-refractivity contribution in [2.24, 2.45) is 11.8 Å². The molecule has 4 heterocycles. The van der Waals surface area contributed by atoms with E-state index in [0.29, 0.717) is 46.9 Å². The summed E-state index contributed by atoms with van der Waals surface area (Å²) in [6, 6.07) is 1.08. The first-order chi connectivity index (χ1) is 16.4. The van der Waals surface area contributed by atoms with Gasteiger partial charge in [0.1, 0.15) is 16.3 Å². The van der Waals surface area contributed by atoms with Crippen molar-refractivity contribution in [3.05, 3.63) is 40.5 Å². The molecule has 178 valence electrons. The largest absolute Gasteiger partial charge is 0.348 e. The molecule has 34 heavy (non-hydrogen) atoms. The number of carbonyl (C=O) groups is 2. The fourth-order valence-corrected chi connectivity index (χ4v) is 5.63. The molecule has 1 amide bonds. The summed E-state index contributed by atoms with van der Waals surface area (Å²) in [6.07, 6.45) is 7.60. The van der Waals surface area contributed by atoms with Crippen LogP contribution in [0.1, 0.15) is 66.1 Å². The van der Waals surface area contributed by atoms with Crippen molar-refractivity contribution in [1.29, 1.82) is 0 Å². The lowest BCUT2D eigenvalue weighted by Crippen LogP contribution is -2.51. The highest BCUT2D eigenvalue weighted by Gasteiger charge is 2.36. The topological polar surface area (TPSA) is 101 Å². The Hall–Kier alpha value is -3.01. The highest BCUT2D eigenvalue weighted by atomic mass is 32.1. The zero-order valence-corrected chi connectivity index (χ0v) is 20.1. The summed E-state index contributed by atoms with van der Waals surface area (Å²) in [6.45, 7) is 4.84. The summed E-state index contributed by atoms with van der Waals surface area (Å²) in [5.41, 5.74) is 1.41. The molecule has 1 aliphatic carbocycles. The van der Waals surface area contributed by atoms with E-state index >= 15 is 0 Å². The number of likely N-dealkylation sites (tertiary alicyclic amines) is 1. The summed E-state index contributed by atoms with van der Waals surface area (Å²) in [5.74, 6) is 0.442. The maximum absolute atomic E-state index is 13.6. The molecule has 3 aromatic rings. The first kappa shape index (κ1) is 22.8. The Kier molecular flexibility index (Phi) is 6.24. The van der Waals surface area contributed by atoms with Crippen molar-refractivity contribution in [3.63, 3.8) is 0 Å². The van der Waals surface area contributed by atoms with Gasteiger partial charge in [0.25, 0.3) is 5.91 Å². The quantitative estimate of drug-likeness (QED) is 0.535. The molecule has 1 aliphatic heterocycles. The van der Waals surface area contributed by atoms with E-state index in [9.17, 15) is 14.0 Å². The Morgan fingerprint density at radius 1 is 1.21 bits per heavy atom. The number of aryl methyl sites for hydroxylation is 1. The normalized spacial score (nSPS) is 17.7. The Bertz CT molecular complexity index is 1240. The second-order valence-electron chi connectivity index (χ2n) is 9.31. The molecule has 1 N–H and O–H groups in total. The average molecular weight is 483 g/mol. The van der Waals surface area contributed by atoms with Crippen molar-refractivity contribution in [3.8, 4) is 0 Å². The molecule has 1 saturated heterocycles. The van der Waals surface area contributed by atoms with Crippen molar-refractivity contribution in [2.75, 3.05) is 18.4 Å². The van der Waals surface area contributed by atoms with Crippen LogP contribution in [0.2, 0.25) is 0 Å². The molecule has 0 spiro atoms. The maximum atomic E-state index is 13.6. The van der Waals surface area contributed by atoms with Crippen LogP contribution in [0.5, 0.6) is 0 Å². The Morgan fingerprint density at radius 3 is 2.71 bits per heavy atom. The highest BCUT2D eigenvalue weighted by molar-refractivity contribution is 7.18. The third kappa shape index (κ3) is 4.64. The SMILES string of the molecule is Cc1nc2nc(N[C@@H](C)c3cncc(F)c3)nc(C(=O)N3CC(CC(=O)C4CCCC4)C3)c2s1. The van der Waals surface area contributed by atoms with Gasteiger partial charge in [0.15, 0.2) is 11.3 Å². The first-order valence-corrected chi connectivity index (χ1v) is 12.5. The fourth-order valence-electron chi connectivity index (χ4n) is 4.79. The van der Waals surface area contributed by atoms with Crippen LogP contribution >= 0.6 is 11.3 Å². The standard InChI is InChI=1S/C24H27FN6O2S/c1-13(17-8-18(25)10-26-9-17)27-24-29-20(21-22(30-24)28-14(2)34-21)23(33)31-11-15(12-31)7-19(32)16-5-3-4-6-16/h8-10,13,15-16H,3-7,11-12H2,1-2H3,(H,27,29,30)/t13-/m0/s1. The number of aromatic nitrogens is 4. The lowest BCUT2D eigenvalue weighted by molar-refractivity contribution is -0.124. The second kappa shape index (κ2) is 9.32. The number of anilines is 1. The van der Waals surface area contributed by atoms with Crippen molar-refractivity contribution >= 4 is 39.3 Å². The zero-order chi connectivity index (χ0) is 23.8. The van der Waals surface area contributed by atoms with Gasteiger partial charge in [-0.3, -0.25) is 14.6 Å². The van der Waals surface area contributed by atoms with Crippen LogP contribution in [0.4, 0.5) is 10.3 Å². The molecule has 0 radical (unpaired) electrons. The molecular formula is C24H27FN6O2S. The maximum Gasteiger partial charge on any atom is 0.274 e. The summed E-state index contributed by atoms with van der Waals surface area (Å²) in [5, 5.41) is 3.94. The third-order valence-electron chi connectivity index (χ3n) is 6.68. The van der Waals surface area contributed by atoms with Gasteiger partial charge in [-0.15, -0.1) is 11.3 Å².